The molecule has 32 heavy (non-hydrogen) atoms. The molecule has 0 saturated heterocycles. The Morgan fingerprint density at radius 2 is 1.81 bits per heavy atom. The molecule has 0 N–H and O–H groups in total. The summed E-state index contributed by atoms with van der Waals surface area (Å²) in [6, 6.07) is 10.6. The number of hydrogen-bond acceptors (Lipinski definition) is 7. The van der Waals surface area contributed by atoms with Crippen molar-refractivity contribution in [1.29, 1.82) is 0 Å². The lowest BCUT2D eigenvalue weighted by Crippen LogP contribution is -2.11. The van der Waals surface area contributed by atoms with Crippen molar-refractivity contribution >= 4 is 39.7 Å². The molecule has 0 fully saturated rings. The Kier molecular flexibility index (Phi) is 6.67. The molecule has 170 valence electrons. The summed E-state index contributed by atoms with van der Waals surface area (Å²) in [5.74, 6) is -0.388. The third-order valence-corrected chi connectivity index (χ3v) is 5.24. The maximum absolute atomic E-state index is 12.4. The fraction of sp³-hybridized carbons (Fsp3) is 0.304. The topological polar surface area (TPSA) is 91.3 Å². The van der Waals surface area contributed by atoms with Crippen LogP contribution in [0.2, 0.25) is 5.02 Å². The second-order valence-electron chi connectivity index (χ2n) is 8.21. The van der Waals surface area contributed by atoms with Crippen molar-refractivity contribution in [2.75, 3.05) is 12.9 Å². The predicted octanol–water partition coefficient (Wildman–Crippen LogP) is 4.72. The Balaban J connectivity index is 1.95. The van der Waals surface area contributed by atoms with Crippen LogP contribution in [-0.2, 0) is 25.1 Å². The van der Waals surface area contributed by atoms with Crippen LogP contribution in [-0.4, -0.2) is 33.1 Å². The minimum atomic E-state index is -3.81. The van der Waals surface area contributed by atoms with Gasteiger partial charge in [0.05, 0.1) is 17.9 Å². The number of carbonyl (C=O) groups excluding carboxylic acids is 1. The zero-order valence-corrected chi connectivity index (χ0v) is 20.0. The second kappa shape index (κ2) is 8.96. The molecule has 9 heteroatoms. The molecule has 3 rings (SSSR count). The first-order chi connectivity index (χ1) is 14.9. The zero-order valence-electron chi connectivity index (χ0n) is 18.4. The summed E-state index contributed by atoms with van der Waals surface area (Å²) < 4.78 is 38.8. The molecular weight excluding hydrogens is 454 g/mol. The lowest BCUT2D eigenvalue weighted by molar-refractivity contribution is -0.129. The number of cyclic esters (lactones) is 1. The van der Waals surface area contributed by atoms with Gasteiger partial charge >= 0.3 is 16.1 Å². The molecule has 1 heterocycles. The van der Waals surface area contributed by atoms with E-state index in [1.54, 1.807) is 6.92 Å². The molecule has 0 radical (unpaired) electrons. The van der Waals surface area contributed by atoms with Crippen molar-refractivity contribution < 1.29 is 26.9 Å². The Hall–Kier alpha value is -2.84. The van der Waals surface area contributed by atoms with E-state index in [-0.39, 0.29) is 40.1 Å². The SMILES string of the molecule is CCOc1cc(/C=C2/N=C(c3ccc(C(C)(C)C)cc3)OC2=O)cc(Cl)c1OS(C)(=O)=O. The summed E-state index contributed by atoms with van der Waals surface area (Å²) in [5.41, 5.74) is 2.38. The molecule has 0 amide bonds. The highest BCUT2D eigenvalue weighted by molar-refractivity contribution is 7.86. The molecule has 0 saturated carbocycles. The molecule has 0 atom stereocenters. The van der Waals surface area contributed by atoms with E-state index in [9.17, 15) is 13.2 Å². The van der Waals surface area contributed by atoms with Gasteiger partial charge in [-0.2, -0.15) is 8.42 Å². The Morgan fingerprint density at radius 3 is 2.38 bits per heavy atom. The fourth-order valence-corrected chi connectivity index (χ4v) is 3.75. The number of aliphatic imine (C=N–C) groups is 1. The fourth-order valence-electron chi connectivity index (χ4n) is 2.97. The van der Waals surface area contributed by atoms with Gasteiger partial charge in [0, 0.05) is 5.56 Å². The van der Waals surface area contributed by atoms with Gasteiger partial charge in [0.25, 0.3) is 0 Å². The van der Waals surface area contributed by atoms with Crippen LogP contribution >= 0.6 is 11.6 Å². The second-order valence-corrected chi connectivity index (χ2v) is 10.2. The molecule has 7 nitrogen and oxygen atoms in total. The first kappa shape index (κ1) is 23.8. The van der Waals surface area contributed by atoms with Crippen LogP contribution in [0.3, 0.4) is 0 Å². The molecule has 1 aliphatic rings. The van der Waals surface area contributed by atoms with Crippen LogP contribution in [0.1, 0.15) is 44.4 Å². The van der Waals surface area contributed by atoms with Crippen molar-refractivity contribution in [2.45, 2.75) is 33.1 Å². The van der Waals surface area contributed by atoms with Crippen LogP contribution in [0.15, 0.2) is 47.1 Å². The minimum Gasteiger partial charge on any atom is -0.490 e. The molecule has 0 spiro atoms. The van der Waals surface area contributed by atoms with Gasteiger partial charge < -0.3 is 13.7 Å². The molecular formula is C23H24ClNO6S. The third-order valence-electron chi connectivity index (χ3n) is 4.49. The number of rotatable bonds is 6. The average molecular weight is 478 g/mol. The summed E-state index contributed by atoms with van der Waals surface area (Å²) >= 11 is 6.22. The molecule has 0 aliphatic carbocycles. The normalized spacial score (nSPS) is 15.5. The summed E-state index contributed by atoms with van der Waals surface area (Å²) in [6.07, 6.45) is 2.39. The van der Waals surface area contributed by atoms with E-state index in [4.69, 9.17) is 25.3 Å². The van der Waals surface area contributed by atoms with Crippen molar-refractivity contribution in [3.05, 3.63) is 63.8 Å². The Morgan fingerprint density at radius 1 is 1.16 bits per heavy atom. The van der Waals surface area contributed by atoms with Gasteiger partial charge in [-0.1, -0.05) is 44.5 Å². The van der Waals surface area contributed by atoms with E-state index in [0.29, 0.717) is 11.1 Å². The van der Waals surface area contributed by atoms with Gasteiger partial charge in [-0.05, 0) is 53.8 Å². The number of halogens is 1. The monoisotopic (exact) mass is 477 g/mol. The lowest BCUT2D eigenvalue weighted by Gasteiger charge is -2.18. The van der Waals surface area contributed by atoms with E-state index >= 15 is 0 Å². The number of benzene rings is 2. The van der Waals surface area contributed by atoms with E-state index in [1.807, 2.05) is 24.3 Å². The molecule has 0 unspecified atom stereocenters. The van der Waals surface area contributed by atoms with Gasteiger partial charge in [-0.3, -0.25) is 0 Å². The number of ether oxygens (including phenoxy) is 2. The maximum Gasteiger partial charge on any atom is 0.363 e. The Labute approximate surface area is 192 Å². The van der Waals surface area contributed by atoms with E-state index in [2.05, 4.69) is 25.8 Å². The van der Waals surface area contributed by atoms with Crippen molar-refractivity contribution in [1.82, 2.24) is 0 Å². The van der Waals surface area contributed by atoms with Gasteiger partial charge in [0.1, 0.15) is 0 Å². The highest BCUT2D eigenvalue weighted by Crippen LogP contribution is 2.38. The van der Waals surface area contributed by atoms with E-state index < -0.39 is 16.1 Å². The molecule has 0 bridgehead atoms. The summed E-state index contributed by atoms with van der Waals surface area (Å²) in [4.78, 5) is 16.7. The van der Waals surface area contributed by atoms with Gasteiger partial charge in [0.15, 0.2) is 11.4 Å². The average Bonchev–Trinajstić information content (AvgIpc) is 3.04. The summed E-state index contributed by atoms with van der Waals surface area (Å²) in [5, 5.41) is 0.0153. The lowest BCUT2D eigenvalue weighted by atomic mass is 9.87. The van der Waals surface area contributed by atoms with E-state index in [1.165, 1.54) is 18.2 Å². The molecule has 0 aromatic heterocycles. The quantitative estimate of drug-likeness (QED) is 0.339. The summed E-state index contributed by atoms with van der Waals surface area (Å²) in [7, 11) is -3.81. The standard InChI is InChI=1S/C23H24ClNO6S/c1-6-29-19-13-14(11-17(24)20(19)31-32(5,27)28)12-18-22(26)30-21(25-18)15-7-9-16(10-8-15)23(2,3)4/h7-13H,6H2,1-5H3/b18-12+. The Bertz CT molecular complexity index is 1210. The van der Waals surface area contributed by atoms with Gasteiger partial charge in [-0.25, -0.2) is 9.79 Å². The van der Waals surface area contributed by atoms with Gasteiger partial charge in [0.2, 0.25) is 11.6 Å². The van der Waals surface area contributed by atoms with Crippen LogP contribution in [0.4, 0.5) is 0 Å². The smallest absolute Gasteiger partial charge is 0.363 e. The zero-order chi connectivity index (χ0) is 23.7. The number of hydrogen-bond donors (Lipinski definition) is 0. The van der Waals surface area contributed by atoms with Crippen LogP contribution in [0, 0.1) is 0 Å². The molecule has 2 aromatic carbocycles. The third kappa shape index (κ3) is 5.69. The van der Waals surface area contributed by atoms with Crippen molar-refractivity contribution in [3.63, 3.8) is 0 Å². The van der Waals surface area contributed by atoms with Crippen molar-refractivity contribution in [3.8, 4) is 11.5 Å². The first-order valence-corrected chi connectivity index (χ1v) is 12.1. The number of esters is 1. The minimum absolute atomic E-state index is 0.00226. The maximum atomic E-state index is 12.4. The molecule has 1 aliphatic heterocycles. The highest BCUT2D eigenvalue weighted by atomic mass is 35.5. The van der Waals surface area contributed by atoms with E-state index in [0.717, 1.165) is 11.8 Å². The largest absolute Gasteiger partial charge is 0.490 e. The molecule has 2 aromatic rings. The number of nitrogens with zero attached hydrogens (tertiary/aromatic N) is 1. The highest BCUT2D eigenvalue weighted by Gasteiger charge is 2.25. The predicted molar refractivity (Wildman–Crippen MR) is 124 cm³/mol. The van der Waals surface area contributed by atoms with Crippen molar-refractivity contribution in [2.24, 2.45) is 4.99 Å². The number of carbonyl (C=O) groups is 1. The van der Waals surface area contributed by atoms with Gasteiger partial charge in [-0.15, -0.1) is 0 Å². The van der Waals surface area contributed by atoms with Crippen LogP contribution in [0.25, 0.3) is 6.08 Å². The summed E-state index contributed by atoms with van der Waals surface area (Å²) in [6.45, 7) is 8.34. The first-order valence-electron chi connectivity index (χ1n) is 9.86. The van der Waals surface area contributed by atoms with Crippen LogP contribution in [0.5, 0.6) is 11.5 Å². The van der Waals surface area contributed by atoms with Crippen LogP contribution < -0.4 is 8.92 Å².